The third-order valence-electron chi connectivity index (χ3n) is 6.91. The van der Waals surface area contributed by atoms with Crippen LogP contribution in [0.25, 0.3) is 0 Å². The molecule has 10 heteroatoms. The predicted octanol–water partition coefficient (Wildman–Crippen LogP) is 4.95. The number of ether oxygens (including phenoxy) is 2. The quantitative estimate of drug-likeness (QED) is 0.272. The van der Waals surface area contributed by atoms with Gasteiger partial charge in [0.15, 0.2) is 0 Å². The number of hydrogen-bond acceptors (Lipinski definition) is 6. The first kappa shape index (κ1) is 30.4. The molecule has 0 unspecified atom stereocenters. The van der Waals surface area contributed by atoms with Crippen LogP contribution < -0.4 is 32.0 Å². The van der Waals surface area contributed by atoms with Gasteiger partial charge in [-0.05, 0) is 106 Å². The molecule has 0 amide bonds. The first-order valence-electron chi connectivity index (χ1n) is 14.2. The highest BCUT2D eigenvalue weighted by Crippen LogP contribution is 2.33. The van der Waals surface area contributed by atoms with Gasteiger partial charge in [0.2, 0.25) is 11.8 Å². The molecule has 0 atom stereocenters. The monoisotopic (exact) mass is 574 g/mol. The van der Waals surface area contributed by atoms with E-state index in [1.54, 1.807) is 4.57 Å². The summed E-state index contributed by atoms with van der Waals surface area (Å²) in [6.45, 7) is 12.2. The summed E-state index contributed by atoms with van der Waals surface area (Å²) >= 11 is 0. The summed E-state index contributed by atoms with van der Waals surface area (Å²) in [5.74, 6) is 2.37. The summed E-state index contributed by atoms with van der Waals surface area (Å²) < 4.78 is 13.3. The second-order valence-corrected chi connectivity index (χ2v) is 10.9. The number of nitrogens with zero attached hydrogens (tertiary/aromatic N) is 1. The highest BCUT2D eigenvalue weighted by atomic mass is 16.5. The molecule has 5 rings (SSSR count). The van der Waals surface area contributed by atoms with Crippen molar-refractivity contribution in [2.75, 3.05) is 0 Å². The number of aromatic amines is 3. The number of hydrogen-bond donors (Lipinski definition) is 3. The zero-order valence-electron chi connectivity index (χ0n) is 25.0. The molecular formula is C32H38N4O6. The van der Waals surface area contributed by atoms with Gasteiger partial charge < -0.3 is 9.47 Å². The maximum absolute atomic E-state index is 12.2. The van der Waals surface area contributed by atoms with Gasteiger partial charge in [0, 0.05) is 6.54 Å². The van der Waals surface area contributed by atoms with E-state index in [1.165, 1.54) is 0 Å². The van der Waals surface area contributed by atoms with Crippen molar-refractivity contribution in [2.45, 2.75) is 73.8 Å². The van der Waals surface area contributed by atoms with Gasteiger partial charge in [-0.25, -0.2) is 9.59 Å². The lowest BCUT2D eigenvalue weighted by Crippen LogP contribution is -2.33. The molecule has 1 aliphatic carbocycles. The van der Waals surface area contributed by atoms with E-state index in [4.69, 9.17) is 9.47 Å². The van der Waals surface area contributed by atoms with E-state index < -0.39 is 16.9 Å². The van der Waals surface area contributed by atoms with Crippen molar-refractivity contribution >= 4 is 0 Å². The molecule has 0 spiro atoms. The Labute approximate surface area is 243 Å². The van der Waals surface area contributed by atoms with E-state index in [2.05, 4.69) is 21.0 Å². The first-order chi connectivity index (χ1) is 20.0. The predicted molar refractivity (Wildman–Crippen MR) is 162 cm³/mol. The molecule has 2 heterocycles. The number of aromatic nitrogens is 4. The van der Waals surface area contributed by atoms with Crippen molar-refractivity contribution < 1.29 is 9.47 Å². The topological polar surface area (TPSA) is 139 Å². The van der Waals surface area contributed by atoms with Crippen LogP contribution in [-0.2, 0) is 19.4 Å². The van der Waals surface area contributed by atoms with Gasteiger partial charge in [-0.3, -0.25) is 29.1 Å². The Morgan fingerprint density at radius 3 is 1.69 bits per heavy atom. The van der Waals surface area contributed by atoms with Crippen molar-refractivity contribution in [3.05, 3.63) is 111 Å². The minimum absolute atomic E-state index is 0.209. The molecule has 222 valence electrons. The minimum atomic E-state index is -0.568. The first-order valence-corrected chi connectivity index (χ1v) is 14.2. The van der Waals surface area contributed by atoms with Gasteiger partial charge >= 0.3 is 11.4 Å². The molecule has 0 saturated heterocycles. The number of rotatable bonds is 8. The molecule has 1 aliphatic rings. The molecule has 42 heavy (non-hydrogen) atoms. The smallest absolute Gasteiger partial charge is 0.331 e. The standard InChI is InChI=1S/C18H22N2O3.C14H16N2O3/c1-4-15-16(21)19-18(22)20(10-13-5-6-13)17(15)23-14-8-11(2)7-12(3)9-14;1-4-11-12(17)15-14(18)16-13(11)19-10-6-8(2)5-9(3)7-10/h7-9,13H,4-6,10H2,1-3H3,(H,19,21,22);5-7H,4H2,1-3H3,(H2,15,16,17,18). The van der Waals surface area contributed by atoms with E-state index in [1.807, 2.05) is 71.9 Å². The van der Waals surface area contributed by atoms with Crippen LogP contribution in [-0.4, -0.2) is 19.5 Å². The fraction of sp³-hybridized carbons (Fsp3) is 0.375. The SMILES string of the molecule is CCc1c(Oc2cc(C)cc(C)c2)[nH]c(=O)[nH]c1=O.CCc1c(Oc2cc(C)cc(C)c2)n(CC2CC2)c(=O)[nH]c1=O. The van der Waals surface area contributed by atoms with Gasteiger partial charge in [-0.15, -0.1) is 0 Å². The number of benzene rings is 2. The van der Waals surface area contributed by atoms with Crippen molar-refractivity contribution in [3.63, 3.8) is 0 Å². The van der Waals surface area contributed by atoms with E-state index in [-0.39, 0.29) is 11.4 Å². The molecule has 4 aromatic rings. The number of H-pyrrole nitrogens is 3. The Kier molecular flexibility index (Phi) is 9.35. The van der Waals surface area contributed by atoms with Crippen LogP contribution in [0.15, 0.2) is 55.6 Å². The summed E-state index contributed by atoms with van der Waals surface area (Å²) in [6.07, 6.45) is 3.23. The number of nitrogens with one attached hydrogen (secondary N) is 3. The van der Waals surface area contributed by atoms with Gasteiger partial charge in [0.05, 0.1) is 11.1 Å². The van der Waals surface area contributed by atoms with E-state index in [0.717, 1.165) is 35.1 Å². The third-order valence-corrected chi connectivity index (χ3v) is 6.91. The van der Waals surface area contributed by atoms with E-state index in [9.17, 15) is 19.2 Å². The van der Waals surface area contributed by atoms with E-state index in [0.29, 0.717) is 53.8 Å². The average Bonchev–Trinajstić information content (AvgIpc) is 3.70. The van der Waals surface area contributed by atoms with Crippen LogP contribution in [0.3, 0.4) is 0 Å². The Morgan fingerprint density at radius 1 is 0.690 bits per heavy atom. The fourth-order valence-electron chi connectivity index (χ4n) is 4.86. The molecule has 3 N–H and O–H groups in total. The zero-order valence-corrected chi connectivity index (χ0v) is 25.0. The molecular weight excluding hydrogens is 536 g/mol. The molecule has 1 fully saturated rings. The average molecular weight is 575 g/mol. The van der Waals surface area contributed by atoms with Crippen molar-refractivity contribution in [2.24, 2.45) is 5.92 Å². The summed E-state index contributed by atoms with van der Waals surface area (Å²) in [6, 6.07) is 11.6. The van der Waals surface area contributed by atoms with Crippen molar-refractivity contribution in [3.8, 4) is 23.3 Å². The summed E-state index contributed by atoms with van der Waals surface area (Å²) in [5, 5.41) is 0. The van der Waals surface area contributed by atoms with Crippen molar-refractivity contribution in [1.82, 2.24) is 19.5 Å². The fourth-order valence-corrected chi connectivity index (χ4v) is 4.86. The summed E-state index contributed by atoms with van der Waals surface area (Å²) in [4.78, 5) is 54.5. The second-order valence-electron chi connectivity index (χ2n) is 10.9. The highest BCUT2D eigenvalue weighted by molar-refractivity contribution is 5.38. The Morgan fingerprint density at radius 2 is 1.19 bits per heavy atom. The Bertz CT molecular complexity index is 1780. The molecule has 0 aliphatic heterocycles. The highest BCUT2D eigenvalue weighted by Gasteiger charge is 2.26. The third kappa shape index (κ3) is 7.57. The maximum Gasteiger partial charge on any atom is 0.331 e. The van der Waals surface area contributed by atoms with Crippen LogP contribution >= 0.6 is 0 Å². The molecule has 0 bridgehead atoms. The zero-order chi connectivity index (χ0) is 30.6. The molecule has 2 aromatic heterocycles. The van der Waals surface area contributed by atoms with Crippen LogP contribution in [0, 0.1) is 33.6 Å². The van der Waals surface area contributed by atoms with Gasteiger partial charge in [0.25, 0.3) is 11.1 Å². The van der Waals surface area contributed by atoms with Crippen LogP contribution in [0.5, 0.6) is 23.3 Å². The summed E-state index contributed by atoms with van der Waals surface area (Å²) in [7, 11) is 0. The van der Waals surface area contributed by atoms with Crippen LogP contribution in [0.1, 0.15) is 60.1 Å². The Hall–Kier alpha value is -4.60. The molecule has 0 radical (unpaired) electrons. The lowest BCUT2D eigenvalue weighted by molar-refractivity contribution is 0.397. The lowest BCUT2D eigenvalue weighted by Gasteiger charge is -2.16. The molecule has 2 aromatic carbocycles. The largest absolute Gasteiger partial charge is 0.440 e. The molecule has 1 saturated carbocycles. The maximum atomic E-state index is 12.2. The van der Waals surface area contributed by atoms with Crippen LogP contribution in [0.2, 0.25) is 0 Å². The van der Waals surface area contributed by atoms with E-state index >= 15 is 0 Å². The normalized spacial score (nSPS) is 12.4. The van der Waals surface area contributed by atoms with Crippen LogP contribution in [0.4, 0.5) is 0 Å². The van der Waals surface area contributed by atoms with Gasteiger partial charge in [-0.1, -0.05) is 26.0 Å². The Balaban J connectivity index is 0.000000197. The van der Waals surface area contributed by atoms with Gasteiger partial charge in [0.1, 0.15) is 11.5 Å². The number of aryl methyl sites for hydroxylation is 4. The van der Waals surface area contributed by atoms with Gasteiger partial charge in [-0.2, -0.15) is 0 Å². The minimum Gasteiger partial charge on any atom is -0.440 e. The van der Waals surface area contributed by atoms with Crippen molar-refractivity contribution in [1.29, 1.82) is 0 Å². The molecule has 10 nitrogen and oxygen atoms in total. The second kappa shape index (κ2) is 12.9. The summed E-state index contributed by atoms with van der Waals surface area (Å²) in [5.41, 5.74) is 3.50. The lowest BCUT2D eigenvalue weighted by atomic mass is 10.1.